The number of rotatable bonds is 8. The van der Waals surface area contributed by atoms with Crippen LogP contribution < -0.4 is 10.6 Å². The Morgan fingerprint density at radius 2 is 1.84 bits per heavy atom. The van der Waals surface area contributed by atoms with Crippen LogP contribution in [0.3, 0.4) is 0 Å². The first-order chi connectivity index (χ1) is 15.5. The van der Waals surface area contributed by atoms with Crippen molar-refractivity contribution in [1.82, 2.24) is 15.6 Å². The zero-order chi connectivity index (χ0) is 22.5. The van der Waals surface area contributed by atoms with Crippen molar-refractivity contribution >= 4 is 28.8 Å². The molecule has 1 aliphatic rings. The van der Waals surface area contributed by atoms with Crippen LogP contribution in [0.1, 0.15) is 34.1 Å². The average molecular weight is 450 g/mol. The van der Waals surface area contributed by atoms with E-state index >= 15 is 0 Å². The number of carbonyl (C=O) groups excluding carboxylic acids is 3. The molecule has 2 atom stereocenters. The number of oxazole rings is 1. The predicted octanol–water partition coefficient (Wildman–Crippen LogP) is 3.37. The quantitative estimate of drug-likeness (QED) is 0.547. The molecule has 2 heterocycles. The number of hydrogen-bond acceptors (Lipinski definition) is 6. The molecule has 0 spiro atoms. The summed E-state index contributed by atoms with van der Waals surface area (Å²) in [7, 11) is 0. The lowest BCUT2D eigenvalue weighted by molar-refractivity contribution is -0.122. The van der Waals surface area contributed by atoms with Crippen LogP contribution in [-0.2, 0) is 22.4 Å². The summed E-state index contributed by atoms with van der Waals surface area (Å²) < 4.78 is 5.33. The molecule has 4 rings (SSSR count). The standard InChI is InChI=1S/C24H23N3O4S/c1-15-21(26-14-31-15)20(18-5-3-2-4-6-18)23(29)25-12-11-16-7-9-17(10-8-16)13-19-22(28)27-24(30)32-19/h2-10,14,19-20H,11-13H2,1H3,(H,25,29)(H,27,28,30)/t19-,20+/m1/s1. The van der Waals surface area contributed by atoms with Gasteiger partial charge in [0.05, 0.1) is 10.9 Å². The Morgan fingerprint density at radius 3 is 2.47 bits per heavy atom. The van der Waals surface area contributed by atoms with E-state index in [9.17, 15) is 14.4 Å². The molecule has 7 nitrogen and oxygen atoms in total. The molecule has 1 fully saturated rings. The Kier molecular flexibility index (Phi) is 6.70. The summed E-state index contributed by atoms with van der Waals surface area (Å²) in [5.41, 5.74) is 3.54. The fourth-order valence-electron chi connectivity index (χ4n) is 3.69. The summed E-state index contributed by atoms with van der Waals surface area (Å²) in [5.74, 6) is -0.267. The minimum atomic E-state index is -0.532. The van der Waals surface area contributed by atoms with Crippen LogP contribution in [0.4, 0.5) is 4.79 Å². The van der Waals surface area contributed by atoms with E-state index in [-0.39, 0.29) is 22.3 Å². The van der Waals surface area contributed by atoms with Gasteiger partial charge >= 0.3 is 0 Å². The van der Waals surface area contributed by atoms with Gasteiger partial charge in [0, 0.05) is 6.54 Å². The van der Waals surface area contributed by atoms with Gasteiger partial charge in [-0.3, -0.25) is 19.7 Å². The van der Waals surface area contributed by atoms with Crippen LogP contribution in [0.25, 0.3) is 0 Å². The van der Waals surface area contributed by atoms with Gasteiger partial charge in [0.1, 0.15) is 11.7 Å². The Balaban J connectivity index is 1.35. The summed E-state index contributed by atoms with van der Waals surface area (Å²) in [5, 5.41) is 4.66. The Bertz CT molecular complexity index is 1110. The van der Waals surface area contributed by atoms with Crippen molar-refractivity contribution in [3.8, 4) is 0 Å². The number of carbonyl (C=O) groups is 3. The maximum Gasteiger partial charge on any atom is 0.286 e. The lowest BCUT2D eigenvalue weighted by atomic mass is 9.94. The van der Waals surface area contributed by atoms with E-state index in [0.717, 1.165) is 28.5 Å². The predicted molar refractivity (Wildman–Crippen MR) is 121 cm³/mol. The fourth-order valence-corrected chi connectivity index (χ4v) is 4.55. The van der Waals surface area contributed by atoms with Gasteiger partial charge in [-0.05, 0) is 36.5 Å². The second kappa shape index (κ2) is 9.82. The lowest BCUT2D eigenvalue weighted by Gasteiger charge is -2.16. The number of nitrogens with one attached hydrogen (secondary N) is 2. The van der Waals surface area contributed by atoms with Crippen LogP contribution >= 0.6 is 11.8 Å². The van der Waals surface area contributed by atoms with Crippen LogP contribution in [0.2, 0.25) is 0 Å². The van der Waals surface area contributed by atoms with E-state index in [0.29, 0.717) is 30.8 Å². The summed E-state index contributed by atoms with van der Waals surface area (Å²) in [6, 6.07) is 17.4. The molecule has 164 valence electrons. The maximum absolute atomic E-state index is 13.0. The van der Waals surface area contributed by atoms with E-state index in [1.165, 1.54) is 6.39 Å². The van der Waals surface area contributed by atoms with Crippen molar-refractivity contribution in [2.75, 3.05) is 6.54 Å². The van der Waals surface area contributed by atoms with Gasteiger partial charge < -0.3 is 9.73 Å². The first kappa shape index (κ1) is 21.8. The van der Waals surface area contributed by atoms with Crippen molar-refractivity contribution in [3.05, 3.63) is 89.1 Å². The number of aromatic nitrogens is 1. The SMILES string of the molecule is Cc1ocnc1[C@@H](C(=O)NCCc1ccc(C[C@H]2SC(=O)NC2=O)cc1)c1ccccc1. The topological polar surface area (TPSA) is 101 Å². The monoisotopic (exact) mass is 449 g/mol. The highest BCUT2D eigenvalue weighted by Crippen LogP contribution is 2.26. The molecule has 32 heavy (non-hydrogen) atoms. The van der Waals surface area contributed by atoms with E-state index in [2.05, 4.69) is 15.6 Å². The second-order valence-electron chi connectivity index (χ2n) is 7.58. The van der Waals surface area contributed by atoms with Crippen molar-refractivity contribution in [3.63, 3.8) is 0 Å². The number of hydrogen-bond donors (Lipinski definition) is 2. The van der Waals surface area contributed by atoms with Crippen molar-refractivity contribution in [2.45, 2.75) is 30.9 Å². The first-order valence-electron chi connectivity index (χ1n) is 10.3. The fraction of sp³-hybridized carbons (Fsp3) is 0.250. The molecule has 1 aromatic heterocycles. The number of nitrogens with zero attached hydrogens (tertiary/aromatic N) is 1. The van der Waals surface area contributed by atoms with Crippen LogP contribution in [0.5, 0.6) is 0 Å². The third-order valence-corrected chi connectivity index (χ3v) is 6.36. The van der Waals surface area contributed by atoms with Crippen LogP contribution in [-0.4, -0.2) is 33.8 Å². The van der Waals surface area contributed by atoms with Gasteiger partial charge in [0.2, 0.25) is 11.8 Å². The van der Waals surface area contributed by atoms with Gasteiger partial charge in [-0.1, -0.05) is 66.4 Å². The summed E-state index contributed by atoms with van der Waals surface area (Å²) >= 11 is 1.03. The van der Waals surface area contributed by atoms with Gasteiger partial charge in [-0.2, -0.15) is 0 Å². The second-order valence-corrected chi connectivity index (χ2v) is 8.76. The summed E-state index contributed by atoms with van der Waals surface area (Å²) in [4.78, 5) is 40.3. The van der Waals surface area contributed by atoms with Crippen molar-refractivity contribution in [1.29, 1.82) is 0 Å². The van der Waals surface area contributed by atoms with E-state index in [1.54, 1.807) is 6.92 Å². The van der Waals surface area contributed by atoms with Crippen LogP contribution in [0.15, 0.2) is 65.4 Å². The molecule has 2 N–H and O–H groups in total. The molecular weight excluding hydrogens is 426 g/mol. The van der Waals surface area contributed by atoms with E-state index < -0.39 is 5.92 Å². The molecular formula is C24H23N3O4S. The van der Waals surface area contributed by atoms with E-state index in [1.807, 2.05) is 54.6 Å². The molecule has 1 saturated heterocycles. The van der Waals surface area contributed by atoms with Crippen LogP contribution in [0, 0.1) is 6.92 Å². The summed E-state index contributed by atoms with van der Waals surface area (Å²) in [6.45, 7) is 2.28. The minimum absolute atomic E-state index is 0.126. The number of imide groups is 1. The largest absolute Gasteiger partial charge is 0.448 e. The average Bonchev–Trinajstić information content (AvgIpc) is 3.34. The maximum atomic E-state index is 13.0. The molecule has 0 aliphatic carbocycles. The number of amides is 3. The van der Waals surface area contributed by atoms with Gasteiger partial charge in [0.25, 0.3) is 5.24 Å². The molecule has 0 unspecified atom stereocenters. The third-order valence-electron chi connectivity index (χ3n) is 5.37. The molecule has 0 bridgehead atoms. The normalized spacial score (nSPS) is 16.6. The van der Waals surface area contributed by atoms with Crippen molar-refractivity contribution < 1.29 is 18.8 Å². The summed E-state index contributed by atoms with van der Waals surface area (Å²) in [6.07, 6.45) is 2.54. The van der Waals surface area contributed by atoms with E-state index in [4.69, 9.17) is 4.42 Å². The van der Waals surface area contributed by atoms with Crippen molar-refractivity contribution in [2.24, 2.45) is 0 Å². The number of benzene rings is 2. The van der Waals surface area contributed by atoms with Gasteiger partial charge in [0.15, 0.2) is 6.39 Å². The minimum Gasteiger partial charge on any atom is -0.448 e. The molecule has 0 saturated carbocycles. The lowest BCUT2D eigenvalue weighted by Crippen LogP contribution is -2.32. The molecule has 1 aliphatic heterocycles. The Hall–Kier alpha value is -3.39. The molecule has 2 aromatic carbocycles. The smallest absolute Gasteiger partial charge is 0.286 e. The van der Waals surface area contributed by atoms with Gasteiger partial charge in [-0.25, -0.2) is 4.98 Å². The highest BCUT2D eigenvalue weighted by Gasteiger charge is 2.31. The van der Waals surface area contributed by atoms with Gasteiger partial charge in [-0.15, -0.1) is 0 Å². The first-order valence-corrected chi connectivity index (χ1v) is 11.2. The molecule has 3 aromatic rings. The molecule has 0 radical (unpaired) electrons. The highest BCUT2D eigenvalue weighted by atomic mass is 32.2. The Labute approximate surface area is 190 Å². The number of thioether (sulfide) groups is 1. The number of aryl methyl sites for hydroxylation is 1. The molecule has 8 heteroatoms. The third kappa shape index (κ3) is 5.08. The zero-order valence-corrected chi connectivity index (χ0v) is 18.4. The highest BCUT2D eigenvalue weighted by molar-refractivity contribution is 8.15. The zero-order valence-electron chi connectivity index (χ0n) is 17.5. The Morgan fingerprint density at radius 1 is 1.12 bits per heavy atom. The molecule has 3 amide bonds.